The molecule has 9 heteroatoms. The number of methoxy groups -OCH3 is 1. The molecule has 1 saturated carbocycles. The molecule has 2 heterocycles. The van der Waals surface area contributed by atoms with Gasteiger partial charge in [-0.25, -0.2) is 0 Å². The van der Waals surface area contributed by atoms with E-state index < -0.39 is 5.79 Å². The van der Waals surface area contributed by atoms with Crippen molar-refractivity contribution >= 4 is 17.5 Å². The van der Waals surface area contributed by atoms with Gasteiger partial charge >= 0.3 is 0 Å². The Balaban J connectivity index is 1.19. The van der Waals surface area contributed by atoms with Gasteiger partial charge in [0.1, 0.15) is 0 Å². The van der Waals surface area contributed by atoms with E-state index >= 15 is 0 Å². The standard InChI is InChI=1S/C23H34N4O5/c1-30-14-9-24-21(28)16-26-10-12-27(13-11-26)17-22(29)25-18-5-6-19-20(15-18)32-23(31-19)7-3-2-4-8-23/h5-6,15H,2-4,7-14,16-17H2,1H3,(H,24,28)(H,25,29). The third-order valence-electron chi connectivity index (χ3n) is 6.26. The number of piperazine rings is 1. The highest BCUT2D eigenvalue weighted by Crippen LogP contribution is 2.46. The summed E-state index contributed by atoms with van der Waals surface area (Å²) < 4.78 is 17.2. The average molecular weight is 447 g/mol. The van der Waals surface area contributed by atoms with Crippen LogP contribution >= 0.6 is 0 Å². The summed E-state index contributed by atoms with van der Waals surface area (Å²) in [6, 6.07) is 5.60. The Bertz CT molecular complexity index is 804. The lowest BCUT2D eigenvalue weighted by Gasteiger charge is -2.33. The van der Waals surface area contributed by atoms with E-state index in [9.17, 15) is 9.59 Å². The molecule has 1 aromatic carbocycles. The summed E-state index contributed by atoms with van der Waals surface area (Å²) in [4.78, 5) is 28.7. The molecule has 2 aliphatic heterocycles. The average Bonchev–Trinajstić information content (AvgIpc) is 3.12. The maximum Gasteiger partial charge on any atom is 0.251 e. The monoisotopic (exact) mass is 446 g/mol. The summed E-state index contributed by atoms with van der Waals surface area (Å²) in [5.41, 5.74) is 0.719. The van der Waals surface area contributed by atoms with Crippen LogP contribution in [-0.2, 0) is 14.3 Å². The summed E-state index contributed by atoms with van der Waals surface area (Å²) in [5, 5.41) is 5.81. The molecule has 1 saturated heterocycles. The molecule has 32 heavy (non-hydrogen) atoms. The summed E-state index contributed by atoms with van der Waals surface area (Å²) in [5.74, 6) is 0.909. The van der Waals surface area contributed by atoms with Gasteiger partial charge in [0, 0.05) is 64.4 Å². The van der Waals surface area contributed by atoms with Gasteiger partial charge in [0.05, 0.1) is 19.7 Å². The van der Waals surface area contributed by atoms with Crippen LogP contribution in [0.5, 0.6) is 11.5 Å². The molecule has 0 unspecified atom stereocenters. The van der Waals surface area contributed by atoms with Crippen LogP contribution < -0.4 is 20.1 Å². The first kappa shape index (κ1) is 22.8. The minimum Gasteiger partial charge on any atom is -0.448 e. The zero-order valence-electron chi connectivity index (χ0n) is 18.9. The molecule has 2 N–H and O–H groups in total. The molecule has 0 atom stereocenters. The van der Waals surface area contributed by atoms with E-state index in [1.54, 1.807) is 7.11 Å². The van der Waals surface area contributed by atoms with E-state index in [4.69, 9.17) is 14.2 Å². The first-order valence-corrected chi connectivity index (χ1v) is 11.6. The number of amides is 2. The predicted molar refractivity (Wildman–Crippen MR) is 120 cm³/mol. The molecular weight excluding hydrogens is 412 g/mol. The van der Waals surface area contributed by atoms with Crippen molar-refractivity contribution in [3.63, 3.8) is 0 Å². The lowest BCUT2D eigenvalue weighted by molar-refractivity contribution is -0.123. The Morgan fingerprint density at radius 3 is 2.31 bits per heavy atom. The topological polar surface area (TPSA) is 92.4 Å². The van der Waals surface area contributed by atoms with E-state index in [0.29, 0.717) is 32.0 Å². The zero-order chi connectivity index (χ0) is 22.4. The first-order chi connectivity index (χ1) is 15.5. The number of carbonyl (C=O) groups is 2. The molecule has 9 nitrogen and oxygen atoms in total. The highest BCUT2D eigenvalue weighted by molar-refractivity contribution is 5.92. The van der Waals surface area contributed by atoms with Crippen LogP contribution in [0, 0.1) is 0 Å². The Labute approximate surface area is 189 Å². The van der Waals surface area contributed by atoms with Gasteiger partial charge in [0.2, 0.25) is 11.8 Å². The second-order valence-electron chi connectivity index (χ2n) is 8.78. The van der Waals surface area contributed by atoms with Gasteiger partial charge in [0.25, 0.3) is 5.79 Å². The maximum absolute atomic E-state index is 12.6. The molecule has 1 aromatic rings. The molecule has 0 radical (unpaired) electrons. The summed E-state index contributed by atoms with van der Waals surface area (Å²) >= 11 is 0. The third-order valence-corrected chi connectivity index (χ3v) is 6.26. The van der Waals surface area contributed by atoms with Crippen molar-refractivity contribution < 1.29 is 23.8 Å². The largest absolute Gasteiger partial charge is 0.448 e. The van der Waals surface area contributed by atoms with Crippen molar-refractivity contribution in [1.82, 2.24) is 15.1 Å². The Morgan fingerprint density at radius 1 is 0.969 bits per heavy atom. The molecule has 2 fully saturated rings. The van der Waals surface area contributed by atoms with Crippen molar-refractivity contribution in [2.75, 3.05) is 64.8 Å². The normalized spacial score (nSPS) is 20.3. The number of nitrogens with zero attached hydrogens (tertiary/aromatic N) is 2. The van der Waals surface area contributed by atoms with Gasteiger partial charge < -0.3 is 24.8 Å². The Hall–Kier alpha value is -2.36. The molecular formula is C23H34N4O5. The van der Waals surface area contributed by atoms with E-state index in [0.717, 1.165) is 63.3 Å². The van der Waals surface area contributed by atoms with Crippen LogP contribution in [0.1, 0.15) is 32.1 Å². The lowest BCUT2D eigenvalue weighted by Crippen LogP contribution is -2.51. The first-order valence-electron chi connectivity index (χ1n) is 11.6. The van der Waals surface area contributed by atoms with Gasteiger partial charge in [-0.1, -0.05) is 6.42 Å². The highest BCUT2D eigenvalue weighted by Gasteiger charge is 2.42. The third kappa shape index (κ3) is 5.90. The van der Waals surface area contributed by atoms with Crippen LogP contribution in [0.15, 0.2) is 18.2 Å². The van der Waals surface area contributed by atoms with Crippen molar-refractivity contribution in [3.8, 4) is 11.5 Å². The van der Waals surface area contributed by atoms with Crippen molar-refractivity contribution in [3.05, 3.63) is 18.2 Å². The minimum atomic E-state index is -0.510. The maximum atomic E-state index is 12.6. The fraction of sp³-hybridized carbons (Fsp3) is 0.652. The van der Waals surface area contributed by atoms with Gasteiger partial charge in [-0.3, -0.25) is 19.4 Å². The minimum absolute atomic E-state index is 0.00561. The highest BCUT2D eigenvalue weighted by atomic mass is 16.7. The number of benzene rings is 1. The van der Waals surface area contributed by atoms with E-state index in [-0.39, 0.29) is 11.8 Å². The molecule has 2 amide bonds. The predicted octanol–water partition coefficient (Wildman–Crippen LogP) is 1.44. The van der Waals surface area contributed by atoms with Crippen LogP contribution in [-0.4, -0.2) is 86.9 Å². The number of nitrogens with one attached hydrogen (secondary N) is 2. The van der Waals surface area contributed by atoms with Gasteiger partial charge in [0.15, 0.2) is 11.5 Å². The smallest absolute Gasteiger partial charge is 0.251 e. The SMILES string of the molecule is COCCNC(=O)CN1CCN(CC(=O)Nc2ccc3c(c2)OC2(CCCCC2)O3)CC1. The van der Waals surface area contributed by atoms with E-state index in [1.165, 1.54) is 6.42 Å². The fourth-order valence-electron chi connectivity index (χ4n) is 4.53. The summed E-state index contributed by atoms with van der Waals surface area (Å²) in [6.45, 7) is 4.77. The van der Waals surface area contributed by atoms with E-state index in [1.807, 2.05) is 18.2 Å². The fourth-order valence-corrected chi connectivity index (χ4v) is 4.53. The van der Waals surface area contributed by atoms with Crippen molar-refractivity contribution in [1.29, 1.82) is 0 Å². The second kappa shape index (κ2) is 10.5. The Morgan fingerprint density at radius 2 is 1.62 bits per heavy atom. The summed E-state index contributed by atoms with van der Waals surface area (Å²) in [6.07, 6.45) is 5.27. The van der Waals surface area contributed by atoms with Crippen LogP contribution in [0.4, 0.5) is 5.69 Å². The number of carbonyl (C=O) groups excluding carboxylic acids is 2. The molecule has 0 bridgehead atoms. The van der Waals surface area contributed by atoms with Crippen molar-refractivity contribution in [2.24, 2.45) is 0 Å². The molecule has 4 rings (SSSR count). The van der Waals surface area contributed by atoms with Gasteiger partial charge in [-0.15, -0.1) is 0 Å². The second-order valence-corrected chi connectivity index (χ2v) is 8.78. The molecule has 3 aliphatic rings. The number of hydrogen-bond donors (Lipinski definition) is 2. The van der Waals surface area contributed by atoms with Crippen LogP contribution in [0.3, 0.4) is 0 Å². The van der Waals surface area contributed by atoms with Crippen LogP contribution in [0.25, 0.3) is 0 Å². The van der Waals surface area contributed by atoms with Gasteiger partial charge in [-0.2, -0.15) is 0 Å². The zero-order valence-corrected chi connectivity index (χ0v) is 18.9. The van der Waals surface area contributed by atoms with E-state index in [2.05, 4.69) is 20.4 Å². The number of fused-ring (bicyclic) bond motifs is 1. The van der Waals surface area contributed by atoms with Crippen LogP contribution in [0.2, 0.25) is 0 Å². The molecule has 1 aliphatic carbocycles. The van der Waals surface area contributed by atoms with Gasteiger partial charge in [-0.05, 0) is 25.0 Å². The number of anilines is 1. The number of hydrogen-bond acceptors (Lipinski definition) is 7. The number of rotatable bonds is 8. The molecule has 1 spiro atoms. The summed E-state index contributed by atoms with van der Waals surface area (Å²) in [7, 11) is 1.61. The lowest BCUT2D eigenvalue weighted by atomic mass is 9.94. The Kier molecular flexibility index (Phi) is 7.49. The van der Waals surface area contributed by atoms with Crippen molar-refractivity contribution in [2.45, 2.75) is 37.9 Å². The molecule has 176 valence electrons. The molecule has 0 aromatic heterocycles. The quantitative estimate of drug-likeness (QED) is 0.584. The number of ether oxygens (including phenoxy) is 3.